The van der Waals surface area contributed by atoms with Gasteiger partial charge in [0.1, 0.15) is 4.88 Å². The number of esters is 1. The Morgan fingerprint density at radius 2 is 1.96 bits per heavy atom. The van der Waals surface area contributed by atoms with Gasteiger partial charge in [-0.3, -0.25) is 0 Å². The highest BCUT2D eigenvalue weighted by molar-refractivity contribution is 7.92. The summed E-state index contributed by atoms with van der Waals surface area (Å²) < 4.78 is 28.5. The minimum Gasteiger partial charge on any atom is -0.465 e. The molecule has 136 valence electrons. The van der Waals surface area contributed by atoms with Crippen LogP contribution in [0.15, 0.2) is 34.0 Å². The number of aromatic nitrogens is 1. The number of benzene rings is 1. The van der Waals surface area contributed by atoms with E-state index in [0.29, 0.717) is 26.5 Å². The lowest BCUT2D eigenvalue weighted by molar-refractivity contribution is 0.0607. The van der Waals surface area contributed by atoms with E-state index in [1.165, 1.54) is 7.11 Å². The molecule has 11 heteroatoms. The summed E-state index contributed by atoms with van der Waals surface area (Å²) in [7, 11) is -2.12. The number of carbonyl (C=O) groups is 2. The number of sulfone groups is 1. The van der Waals surface area contributed by atoms with Crippen molar-refractivity contribution in [2.75, 3.05) is 24.0 Å². The molecule has 1 aromatic carbocycles. The fourth-order valence-electron chi connectivity index (χ4n) is 2.08. The first-order valence-electron chi connectivity index (χ1n) is 7.12. The van der Waals surface area contributed by atoms with E-state index in [2.05, 4.69) is 20.4 Å². The van der Waals surface area contributed by atoms with Crippen LogP contribution in [0.2, 0.25) is 0 Å². The molecule has 3 aromatic rings. The highest BCUT2D eigenvalue weighted by Crippen LogP contribution is 2.28. The topological polar surface area (TPSA) is 114 Å². The van der Waals surface area contributed by atoms with Gasteiger partial charge in [-0.15, -0.1) is 22.7 Å². The van der Waals surface area contributed by atoms with Gasteiger partial charge in [-0.05, 0) is 29.6 Å². The number of nitrogens with zero attached hydrogens (tertiary/aromatic N) is 1. The number of hydrogen-bond acceptors (Lipinski definition) is 8. The number of anilines is 2. The minimum absolute atomic E-state index is 0.0232. The predicted molar refractivity (Wildman–Crippen MR) is 101 cm³/mol. The van der Waals surface area contributed by atoms with Crippen LogP contribution in [0.5, 0.6) is 0 Å². The fraction of sp³-hybridized carbons (Fsp3) is 0.133. The maximum Gasteiger partial charge on any atom is 0.350 e. The summed E-state index contributed by atoms with van der Waals surface area (Å²) in [6, 6.07) is 5.93. The third-order valence-corrected chi connectivity index (χ3v) is 6.82. The van der Waals surface area contributed by atoms with Gasteiger partial charge in [0.25, 0.3) is 0 Å². The molecule has 0 spiro atoms. The lowest BCUT2D eigenvalue weighted by Crippen LogP contribution is -2.20. The molecule has 2 amide bonds. The zero-order valence-electron chi connectivity index (χ0n) is 13.6. The van der Waals surface area contributed by atoms with Crippen LogP contribution in [0, 0.1) is 0 Å². The van der Waals surface area contributed by atoms with Crippen molar-refractivity contribution in [3.8, 4) is 0 Å². The minimum atomic E-state index is -3.39. The monoisotopic (exact) mass is 411 g/mol. The first kappa shape index (κ1) is 18.3. The van der Waals surface area contributed by atoms with Crippen LogP contribution in [-0.2, 0) is 14.6 Å². The number of nitrogens with one attached hydrogen (secondary N) is 2. The van der Waals surface area contributed by atoms with E-state index in [4.69, 9.17) is 0 Å². The van der Waals surface area contributed by atoms with E-state index in [0.717, 1.165) is 28.9 Å². The number of amides is 2. The SMILES string of the molecule is COC(=O)c1sccc1NC(=O)Nc1ccc2nc(S(C)(=O)=O)sc2c1. The van der Waals surface area contributed by atoms with Gasteiger partial charge in [-0.1, -0.05) is 0 Å². The van der Waals surface area contributed by atoms with Crippen molar-refractivity contribution in [2.24, 2.45) is 0 Å². The second-order valence-electron chi connectivity index (χ2n) is 5.17. The Labute approximate surface area is 156 Å². The molecule has 2 aromatic heterocycles. The number of thiophene rings is 1. The highest BCUT2D eigenvalue weighted by Gasteiger charge is 2.17. The molecule has 8 nitrogen and oxygen atoms in total. The van der Waals surface area contributed by atoms with Gasteiger partial charge in [0.15, 0.2) is 0 Å². The Hall–Kier alpha value is -2.50. The summed E-state index contributed by atoms with van der Waals surface area (Å²) in [5, 5.41) is 6.88. The predicted octanol–water partition coefficient (Wildman–Crippen LogP) is 3.19. The van der Waals surface area contributed by atoms with E-state index < -0.39 is 21.8 Å². The quantitative estimate of drug-likeness (QED) is 0.637. The van der Waals surface area contributed by atoms with Crippen LogP contribution in [0.3, 0.4) is 0 Å². The number of carbonyl (C=O) groups excluding carboxylic acids is 2. The number of fused-ring (bicyclic) bond motifs is 1. The zero-order chi connectivity index (χ0) is 18.9. The van der Waals surface area contributed by atoms with E-state index in [-0.39, 0.29) is 4.34 Å². The van der Waals surface area contributed by atoms with Crippen molar-refractivity contribution >= 4 is 66.1 Å². The number of rotatable bonds is 4. The molecule has 0 fully saturated rings. The normalized spacial score (nSPS) is 11.3. The fourth-order valence-corrected chi connectivity index (χ4v) is 4.72. The number of hydrogen-bond donors (Lipinski definition) is 2. The lowest BCUT2D eigenvalue weighted by atomic mass is 10.3. The van der Waals surface area contributed by atoms with E-state index in [9.17, 15) is 18.0 Å². The van der Waals surface area contributed by atoms with E-state index >= 15 is 0 Å². The lowest BCUT2D eigenvalue weighted by Gasteiger charge is -2.07. The van der Waals surface area contributed by atoms with Gasteiger partial charge >= 0.3 is 12.0 Å². The maximum absolute atomic E-state index is 12.2. The average molecular weight is 411 g/mol. The Morgan fingerprint density at radius 3 is 2.65 bits per heavy atom. The summed E-state index contributed by atoms with van der Waals surface area (Å²) in [6.45, 7) is 0. The van der Waals surface area contributed by atoms with Crippen molar-refractivity contribution in [3.63, 3.8) is 0 Å². The largest absolute Gasteiger partial charge is 0.465 e. The van der Waals surface area contributed by atoms with Crippen molar-refractivity contribution < 1.29 is 22.7 Å². The van der Waals surface area contributed by atoms with E-state index in [1.54, 1.807) is 29.6 Å². The second kappa shape index (κ2) is 7.02. The number of thiazole rings is 1. The maximum atomic E-state index is 12.2. The van der Waals surface area contributed by atoms with Crippen molar-refractivity contribution in [1.29, 1.82) is 0 Å². The van der Waals surface area contributed by atoms with Gasteiger partial charge in [-0.2, -0.15) is 0 Å². The standard InChI is InChI=1S/C15H13N3O5S3/c1-23-13(19)12-10(5-6-24-12)17-14(20)16-8-3-4-9-11(7-8)25-15(18-9)26(2,21)22/h3-7H,1-2H3,(H2,16,17,20). The zero-order valence-corrected chi connectivity index (χ0v) is 16.0. The molecule has 0 saturated carbocycles. The number of urea groups is 1. The van der Waals surface area contributed by atoms with Crippen LogP contribution in [0.1, 0.15) is 9.67 Å². The molecule has 26 heavy (non-hydrogen) atoms. The van der Waals surface area contributed by atoms with Crippen LogP contribution < -0.4 is 10.6 Å². The van der Waals surface area contributed by atoms with E-state index in [1.807, 2.05) is 0 Å². The van der Waals surface area contributed by atoms with Gasteiger partial charge in [-0.25, -0.2) is 23.0 Å². The first-order chi connectivity index (χ1) is 12.3. The number of ether oxygens (including phenoxy) is 1. The summed E-state index contributed by atoms with van der Waals surface area (Å²) in [6.07, 6.45) is 1.09. The summed E-state index contributed by atoms with van der Waals surface area (Å²) in [4.78, 5) is 28.1. The molecule has 0 aliphatic heterocycles. The average Bonchev–Trinajstić information content (AvgIpc) is 3.19. The molecule has 3 rings (SSSR count). The number of methoxy groups -OCH3 is 1. The van der Waals surface area contributed by atoms with Crippen LogP contribution in [-0.4, -0.2) is 38.8 Å². The molecule has 0 saturated heterocycles. The van der Waals surface area contributed by atoms with Gasteiger partial charge < -0.3 is 15.4 Å². The van der Waals surface area contributed by atoms with Gasteiger partial charge in [0.2, 0.25) is 14.2 Å². The molecule has 2 heterocycles. The smallest absolute Gasteiger partial charge is 0.350 e. The Bertz CT molecular complexity index is 1100. The molecular weight excluding hydrogens is 398 g/mol. The van der Waals surface area contributed by atoms with Gasteiger partial charge in [0.05, 0.1) is 23.0 Å². The molecule has 0 aliphatic carbocycles. The summed E-state index contributed by atoms with van der Waals surface area (Å²) >= 11 is 2.19. The summed E-state index contributed by atoms with van der Waals surface area (Å²) in [5.41, 5.74) is 1.35. The Morgan fingerprint density at radius 1 is 1.19 bits per heavy atom. The molecule has 0 aliphatic rings. The molecule has 0 bridgehead atoms. The van der Waals surface area contributed by atoms with Crippen molar-refractivity contribution in [2.45, 2.75) is 4.34 Å². The Kier molecular flexibility index (Phi) is 4.94. The third-order valence-electron chi connectivity index (χ3n) is 3.23. The second-order valence-corrected chi connectivity index (χ2v) is 9.30. The van der Waals surface area contributed by atoms with Crippen molar-refractivity contribution in [1.82, 2.24) is 4.98 Å². The van der Waals surface area contributed by atoms with Crippen molar-refractivity contribution in [3.05, 3.63) is 34.5 Å². The third kappa shape index (κ3) is 3.84. The van der Waals surface area contributed by atoms with Crippen LogP contribution in [0.25, 0.3) is 10.2 Å². The molecular formula is C15H13N3O5S3. The van der Waals surface area contributed by atoms with Gasteiger partial charge in [0, 0.05) is 11.9 Å². The summed E-state index contributed by atoms with van der Waals surface area (Å²) in [5.74, 6) is -0.533. The molecule has 0 radical (unpaired) electrons. The van der Waals surface area contributed by atoms with Crippen LogP contribution >= 0.6 is 22.7 Å². The molecule has 0 atom stereocenters. The molecule has 0 unspecified atom stereocenters. The Balaban J connectivity index is 1.77. The highest BCUT2D eigenvalue weighted by atomic mass is 32.2. The molecule has 2 N–H and O–H groups in total. The first-order valence-corrected chi connectivity index (χ1v) is 10.7. The van der Waals surface area contributed by atoms with Crippen LogP contribution in [0.4, 0.5) is 16.2 Å².